The monoisotopic (exact) mass is 422 g/mol. The van der Waals surface area contributed by atoms with Crippen LogP contribution in [0.4, 0.5) is 10.8 Å². The summed E-state index contributed by atoms with van der Waals surface area (Å²) in [6.07, 6.45) is 1.90. The highest BCUT2D eigenvalue weighted by Crippen LogP contribution is 2.32. The molecule has 1 N–H and O–H groups in total. The standard InChI is InChI=1S/C22H22N4OS2/c1-13-5-7-17-20(10-13)29-22(25-17)26-9-3-4-15(12-26)21(27)24-16-6-8-19-18(11-16)23-14(2)28-19/h5-8,10-11,15H,3-4,9,12H2,1-2H3,(H,24,27). The molecule has 1 fully saturated rings. The molecule has 1 amide bonds. The average Bonchev–Trinajstić information content (AvgIpc) is 3.29. The van der Waals surface area contributed by atoms with Crippen molar-refractivity contribution in [2.75, 3.05) is 23.3 Å². The van der Waals surface area contributed by atoms with Gasteiger partial charge in [0.25, 0.3) is 0 Å². The maximum atomic E-state index is 12.9. The Morgan fingerprint density at radius 3 is 2.86 bits per heavy atom. The molecule has 0 bridgehead atoms. The van der Waals surface area contributed by atoms with Crippen LogP contribution in [-0.4, -0.2) is 29.0 Å². The third-order valence-corrected chi connectivity index (χ3v) is 7.39. The number of piperidine rings is 1. The van der Waals surface area contributed by atoms with Crippen molar-refractivity contribution in [1.29, 1.82) is 0 Å². The largest absolute Gasteiger partial charge is 0.347 e. The highest BCUT2D eigenvalue weighted by molar-refractivity contribution is 7.22. The number of hydrogen-bond donors (Lipinski definition) is 1. The molecule has 1 unspecified atom stereocenters. The molecule has 0 aliphatic carbocycles. The molecular formula is C22H22N4OS2. The molecule has 2 aromatic heterocycles. The average molecular weight is 423 g/mol. The van der Waals surface area contributed by atoms with Crippen LogP contribution < -0.4 is 10.2 Å². The van der Waals surface area contributed by atoms with Gasteiger partial charge in [-0.05, 0) is 62.6 Å². The van der Waals surface area contributed by atoms with Crippen LogP contribution in [0.3, 0.4) is 0 Å². The van der Waals surface area contributed by atoms with Crippen LogP contribution in [-0.2, 0) is 4.79 Å². The van der Waals surface area contributed by atoms with E-state index in [9.17, 15) is 4.79 Å². The van der Waals surface area contributed by atoms with Crippen LogP contribution in [0.1, 0.15) is 23.4 Å². The molecule has 3 heterocycles. The first-order chi connectivity index (χ1) is 14.0. The number of carbonyl (C=O) groups excluding carboxylic acids is 1. The van der Waals surface area contributed by atoms with Crippen LogP contribution in [0.2, 0.25) is 0 Å². The van der Waals surface area contributed by atoms with Crippen LogP contribution in [0.25, 0.3) is 20.4 Å². The van der Waals surface area contributed by atoms with E-state index in [2.05, 4.69) is 40.3 Å². The van der Waals surface area contributed by atoms with Gasteiger partial charge in [0.05, 0.1) is 31.4 Å². The zero-order chi connectivity index (χ0) is 20.0. The minimum Gasteiger partial charge on any atom is -0.347 e. The molecular weight excluding hydrogens is 400 g/mol. The van der Waals surface area contributed by atoms with Crippen molar-refractivity contribution in [1.82, 2.24) is 9.97 Å². The number of nitrogens with one attached hydrogen (secondary N) is 1. The first kappa shape index (κ1) is 18.5. The number of thiazole rings is 2. The maximum Gasteiger partial charge on any atom is 0.229 e. The van der Waals surface area contributed by atoms with E-state index >= 15 is 0 Å². The number of benzene rings is 2. The third kappa shape index (κ3) is 3.72. The number of aromatic nitrogens is 2. The Bertz CT molecular complexity index is 1210. The summed E-state index contributed by atoms with van der Waals surface area (Å²) in [7, 11) is 0. The number of anilines is 2. The highest BCUT2D eigenvalue weighted by Gasteiger charge is 2.27. The summed E-state index contributed by atoms with van der Waals surface area (Å²) in [4.78, 5) is 24.5. The van der Waals surface area contributed by atoms with Crippen molar-refractivity contribution in [3.05, 3.63) is 47.0 Å². The number of hydrogen-bond acceptors (Lipinski definition) is 6. The molecule has 2 aromatic carbocycles. The lowest BCUT2D eigenvalue weighted by molar-refractivity contribution is -0.120. The molecule has 0 saturated carbocycles. The zero-order valence-electron chi connectivity index (χ0n) is 16.4. The second-order valence-electron chi connectivity index (χ2n) is 7.66. The molecule has 7 heteroatoms. The molecule has 1 aliphatic rings. The number of amides is 1. The van der Waals surface area contributed by atoms with Gasteiger partial charge in [0.15, 0.2) is 5.13 Å². The maximum absolute atomic E-state index is 12.9. The van der Waals surface area contributed by atoms with Gasteiger partial charge < -0.3 is 10.2 Å². The van der Waals surface area contributed by atoms with E-state index in [1.54, 1.807) is 22.7 Å². The fraction of sp³-hybridized carbons (Fsp3) is 0.318. The van der Waals surface area contributed by atoms with Gasteiger partial charge in [0, 0.05) is 18.8 Å². The number of fused-ring (bicyclic) bond motifs is 2. The van der Waals surface area contributed by atoms with Gasteiger partial charge in [-0.25, -0.2) is 9.97 Å². The highest BCUT2D eigenvalue weighted by atomic mass is 32.1. The smallest absolute Gasteiger partial charge is 0.229 e. The third-order valence-electron chi connectivity index (χ3n) is 5.36. The molecule has 5 nitrogen and oxygen atoms in total. The van der Waals surface area contributed by atoms with Gasteiger partial charge in [-0.2, -0.15) is 0 Å². The summed E-state index contributed by atoms with van der Waals surface area (Å²) in [5.74, 6) is 0.0447. The Morgan fingerprint density at radius 1 is 1.07 bits per heavy atom. The van der Waals surface area contributed by atoms with Crippen molar-refractivity contribution in [2.45, 2.75) is 26.7 Å². The Hall–Kier alpha value is -2.51. The number of carbonyl (C=O) groups is 1. The van der Waals surface area contributed by atoms with Crippen LogP contribution in [0.15, 0.2) is 36.4 Å². The summed E-state index contributed by atoms with van der Waals surface area (Å²) in [5.41, 5.74) is 4.05. The predicted molar refractivity (Wildman–Crippen MR) is 122 cm³/mol. The Morgan fingerprint density at radius 2 is 1.97 bits per heavy atom. The first-order valence-corrected chi connectivity index (χ1v) is 11.5. The lowest BCUT2D eigenvalue weighted by atomic mass is 9.97. The molecule has 1 atom stereocenters. The molecule has 29 heavy (non-hydrogen) atoms. The molecule has 1 saturated heterocycles. The minimum atomic E-state index is -0.0367. The second-order valence-corrected chi connectivity index (χ2v) is 9.90. The quantitative estimate of drug-likeness (QED) is 0.482. The van der Waals surface area contributed by atoms with Crippen LogP contribution in [0.5, 0.6) is 0 Å². The van der Waals surface area contributed by atoms with Crippen molar-refractivity contribution >= 4 is 59.8 Å². The van der Waals surface area contributed by atoms with Gasteiger partial charge in [-0.3, -0.25) is 4.79 Å². The molecule has 1 aliphatic heterocycles. The Balaban J connectivity index is 1.31. The van der Waals surface area contributed by atoms with Crippen molar-refractivity contribution in [3.8, 4) is 0 Å². The van der Waals surface area contributed by atoms with Gasteiger partial charge in [-0.1, -0.05) is 17.4 Å². The van der Waals surface area contributed by atoms with E-state index in [0.29, 0.717) is 6.54 Å². The number of aryl methyl sites for hydroxylation is 2. The molecule has 4 aromatic rings. The van der Waals surface area contributed by atoms with E-state index in [1.807, 2.05) is 25.1 Å². The van der Waals surface area contributed by atoms with Gasteiger partial charge in [0.1, 0.15) is 0 Å². The molecule has 0 spiro atoms. The SMILES string of the molecule is Cc1ccc2nc(N3CCCC(C(=O)Nc4ccc5sc(C)nc5c4)C3)sc2c1. The topological polar surface area (TPSA) is 58.1 Å². The summed E-state index contributed by atoms with van der Waals surface area (Å²) in [6.45, 7) is 5.77. The Kier molecular flexibility index (Phi) is 4.72. The summed E-state index contributed by atoms with van der Waals surface area (Å²) >= 11 is 3.39. The van der Waals surface area contributed by atoms with E-state index in [1.165, 1.54) is 10.3 Å². The van der Waals surface area contributed by atoms with Crippen LogP contribution >= 0.6 is 22.7 Å². The first-order valence-electron chi connectivity index (χ1n) is 9.85. The van der Waals surface area contributed by atoms with E-state index in [4.69, 9.17) is 4.98 Å². The van der Waals surface area contributed by atoms with E-state index in [-0.39, 0.29) is 11.8 Å². The predicted octanol–water partition coefficient (Wildman–Crippen LogP) is 5.38. The molecule has 0 radical (unpaired) electrons. The van der Waals surface area contributed by atoms with Crippen LogP contribution in [0, 0.1) is 19.8 Å². The van der Waals surface area contributed by atoms with Crippen molar-refractivity contribution in [2.24, 2.45) is 5.92 Å². The molecule has 148 valence electrons. The van der Waals surface area contributed by atoms with Crippen molar-refractivity contribution < 1.29 is 4.79 Å². The van der Waals surface area contributed by atoms with E-state index < -0.39 is 0 Å². The zero-order valence-corrected chi connectivity index (χ0v) is 18.1. The summed E-state index contributed by atoms with van der Waals surface area (Å²) in [6, 6.07) is 12.3. The minimum absolute atomic E-state index is 0.0367. The summed E-state index contributed by atoms with van der Waals surface area (Å²) in [5, 5.41) is 5.16. The van der Waals surface area contributed by atoms with Gasteiger partial charge >= 0.3 is 0 Å². The number of rotatable bonds is 3. The molecule has 5 rings (SSSR count). The fourth-order valence-corrected chi connectivity index (χ4v) is 5.79. The number of nitrogens with zero attached hydrogens (tertiary/aromatic N) is 3. The lowest BCUT2D eigenvalue weighted by Crippen LogP contribution is -2.40. The fourth-order valence-electron chi connectivity index (χ4n) is 3.88. The lowest BCUT2D eigenvalue weighted by Gasteiger charge is -2.31. The van der Waals surface area contributed by atoms with Crippen molar-refractivity contribution in [3.63, 3.8) is 0 Å². The van der Waals surface area contributed by atoms with Gasteiger partial charge in [0.2, 0.25) is 5.91 Å². The van der Waals surface area contributed by atoms with Gasteiger partial charge in [-0.15, -0.1) is 11.3 Å². The summed E-state index contributed by atoms with van der Waals surface area (Å²) < 4.78 is 2.36. The van der Waals surface area contributed by atoms with E-state index in [0.717, 1.165) is 50.9 Å². The normalized spacial score (nSPS) is 17.2. The Labute approximate surface area is 177 Å². The second kappa shape index (κ2) is 7.39.